The largest absolute Gasteiger partial charge is 0.477 e. The third-order valence-corrected chi connectivity index (χ3v) is 4.55. The normalized spacial score (nSPS) is 12.6. The molecule has 0 saturated heterocycles. The highest BCUT2D eigenvalue weighted by molar-refractivity contribution is 7.18. The number of aromatic nitrogens is 2. The lowest BCUT2D eigenvalue weighted by atomic mass is 10.0. The van der Waals surface area contributed by atoms with Crippen molar-refractivity contribution < 1.29 is 4.74 Å². The first-order valence-electron chi connectivity index (χ1n) is 7.55. The number of nitrogen functional groups attached to an aromatic ring is 1. The molecule has 0 aliphatic rings. The van der Waals surface area contributed by atoms with E-state index in [2.05, 4.69) is 42.2 Å². The first-order valence-corrected chi connectivity index (χ1v) is 8.37. The van der Waals surface area contributed by atoms with Crippen LogP contribution in [-0.2, 0) is 0 Å². The number of aryl methyl sites for hydroxylation is 1. The molecule has 0 radical (unpaired) electrons. The number of rotatable bonds is 8. The third-order valence-electron chi connectivity index (χ3n) is 3.61. The smallest absolute Gasteiger partial charge is 0.241 e. The minimum Gasteiger partial charge on any atom is -0.477 e. The fourth-order valence-electron chi connectivity index (χ4n) is 2.29. The van der Waals surface area contributed by atoms with Crippen LogP contribution in [-0.4, -0.2) is 16.6 Å². The Morgan fingerprint density at radius 3 is 2.86 bits per heavy atom. The van der Waals surface area contributed by atoms with Crippen LogP contribution in [0, 0.1) is 12.8 Å². The molecule has 21 heavy (non-hydrogen) atoms. The van der Waals surface area contributed by atoms with Crippen molar-refractivity contribution in [2.24, 2.45) is 11.8 Å². The van der Waals surface area contributed by atoms with Gasteiger partial charge in [0.2, 0.25) is 11.8 Å². The minimum absolute atomic E-state index is 0.404. The van der Waals surface area contributed by atoms with Crippen LogP contribution in [0.4, 0.5) is 5.95 Å². The molecule has 6 heteroatoms. The van der Waals surface area contributed by atoms with Crippen molar-refractivity contribution in [3.63, 3.8) is 0 Å². The van der Waals surface area contributed by atoms with E-state index in [1.165, 1.54) is 24.1 Å². The number of anilines is 1. The van der Waals surface area contributed by atoms with Gasteiger partial charge in [-0.3, -0.25) is 5.43 Å². The quantitative estimate of drug-likeness (QED) is 0.572. The summed E-state index contributed by atoms with van der Waals surface area (Å²) in [5.74, 6) is 7.05. The van der Waals surface area contributed by atoms with Crippen LogP contribution in [0.15, 0.2) is 6.07 Å². The van der Waals surface area contributed by atoms with E-state index in [0.29, 0.717) is 24.4 Å². The second-order valence-electron chi connectivity index (χ2n) is 5.30. The molecular weight excluding hydrogens is 284 g/mol. The summed E-state index contributed by atoms with van der Waals surface area (Å²) in [5.41, 5.74) is 2.51. The van der Waals surface area contributed by atoms with Crippen molar-refractivity contribution in [2.45, 2.75) is 46.5 Å². The van der Waals surface area contributed by atoms with Crippen molar-refractivity contribution in [3.8, 4) is 5.88 Å². The van der Waals surface area contributed by atoms with Crippen molar-refractivity contribution in [1.82, 2.24) is 9.97 Å². The van der Waals surface area contributed by atoms with E-state index in [9.17, 15) is 0 Å². The Morgan fingerprint density at radius 1 is 1.38 bits per heavy atom. The maximum Gasteiger partial charge on any atom is 0.241 e. The fraction of sp³-hybridized carbons (Fsp3) is 0.600. The summed E-state index contributed by atoms with van der Waals surface area (Å²) in [5, 5.41) is 0.974. The van der Waals surface area contributed by atoms with Gasteiger partial charge in [0.1, 0.15) is 4.83 Å². The number of hydrogen-bond donors (Lipinski definition) is 2. The topological polar surface area (TPSA) is 73.1 Å². The highest BCUT2D eigenvalue weighted by Crippen LogP contribution is 2.31. The molecule has 1 unspecified atom stereocenters. The standard InChI is InChI=1S/C15H24N4OS/c1-4-6-7-11(5-2)9-20-13-12-8-10(3)21-14(12)18-15(17-13)19-16/h8,11H,4-7,9,16H2,1-3H3,(H,17,18,19). The van der Waals surface area contributed by atoms with Gasteiger partial charge in [0.05, 0.1) is 12.0 Å². The molecule has 5 nitrogen and oxygen atoms in total. The average Bonchev–Trinajstić information content (AvgIpc) is 2.87. The molecule has 0 saturated carbocycles. The predicted octanol–water partition coefficient (Wildman–Crippen LogP) is 3.88. The number of unbranched alkanes of at least 4 members (excludes halogenated alkanes) is 1. The zero-order chi connectivity index (χ0) is 15.2. The van der Waals surface area contributed by atoms with Crippen LogP contribution in [0.5, 0.6) is 5.88 Å². The van der Waals surface area contributed by atoms with Crippen molar-refractivity contribution in [2.75, 3.05) is 12.0 Å². The minimum atomic E-state index is 0.404. The van der Waals surface area contributed by atoms with E-state index in [1.807, 2.05) is 0 Å². The maximum absolute atomic E-state index is 5.99. The summed E-state index contributed by atoms with van der Waals surface area (Å²) in [6, 6.07) is 2.07. The van der Waals surface area contributed by atoms with Gasteiger partial charge in [-0.1, -0.05) is 33.1 Å². The van der Waals surface area contributed by atoms with Gasteiger partial charge in [-0.2, -0.15) is 4.98 Å². The zero-order valence-corrected chi connectivity index (χ0v) is 13.8. The first kappa shape index (κ1) is 16.0. The van der Waals surface area contributed by atoms with Crippen LogP contribution in [0.25, 0.3) is 10.2 Å². The van der Waals surface area contributed by atoms with Crippen molar-refractivity contribution in [3.05, 3.63) is 10.9 Å². The predicted molar refractivity (Wildman–Crippen MR) is 88.8 cm³/mol. The lowest BCUT2D eigenvalue weighted by Gasteiger charge is -2.15. The number of nitrogens with zero attached hydrogens (tertiary/aromatic N) is 2. The number of fused-ring (bicyclic) bond motifs is 1. The van der Waals surface area contributed by atoms with E-state index < -0.39 is 0 Å². The Kier molecular flexibility index (Phi) is 5.76. The van der Waals surface area contributed by atoms with E-state index in [-0.39, 0.29) is 0 Å². The average molecular weight is 308 g/mol. The molecule has 1 atom stereocenters. The van der Waals surface area contributed by atoms with Gasteiger partial charge in [0, 0.05) is 4.88 Å². The Labute approximate surface area is 129 Å². The number of ether oxygens (including phenoxy) is 1. The number of thiophene rings is 1. The molecule has 2 heterocycles. The molecule has 0 bridgehead atoms. The van der Waals surface area contributed by atoms with Crippen LogP contribution in [0.3, 0.4) is 0 Å². The highest BCUT2D eigenvalue weighted by Gasteiger charge is 2.13. The molecule has 2 aromatic rings. The van der Waals surface area contributed by atoms with Crippen LogP contribution in [0.2, 0.25) is 0 Å². The molecular formula is C15H24N4OS. The van der Waals surface area contributed by atoms with Gasteiger partial charge in [-0.25, -0.2) is 10.8 Å². The summed E-state index contributed by atoms with van der Waals surface area (Å²) < 4.78 is 5.99. The van der Waals surface area contributed by atoms with E-state index >= 15 is 0 Å². The molecule has 0 aliphatic carbocycles. The van der Waals surface area contributed by atoms with E-state index in [1.54, 1.807) is 11.3 Å². The second-order valence-corrected chi connectivity index (χ2v) is 6.53. The monoisotopic (exact) mass is 308 g/mol. The highest BCUT2D eigenvalue weighted by atomic mass is 32.1. The maximum atomic E-state index is 5.99. The molecule has 0 spiro atoms. The summed E-state index contributed by atoms with van der Waals surface area (Å²) >= 11 is 1.62. The van der Waals surface area contributed by atoms with Crippen molar-refractivity contribution in [1.29, 1.82) is 0 Å². The second kappa shape index (κ2) is 7.56. The van der Waals surface area contributed by atoms with Crippen LogP contribution in [0.1, 0.15) is 44.4 Å². The summed E-state index contributed by atoms with van der Waals surface area (Å²) in [6.45, 7) is 7.18. The Balaban J connectivity index is 2.16. The van der Waals surface area contributed by atoms with Gasteiger partial charge in [-0.05, 0) is 25.3 Å². The Bertz CT molecular complexity index is 584. The Hall–Kier alpha value is -1.40. The molecule has 0 fully saturated rings. The van der Waals surface area contributed by atoms with E-state index in [4.69, 9.17) is 10.6 Å². The van der Waals surface area contributed by atoms with Crippen LogP contribution >= 0.6 is 11.3 Å². The van der Waals surface area contributed by atoms with Gasteiger partial charge in [0.15, 0.2) is 0 Å². The summed E-state index contributed by atoms with van der Waals surface area (Å²) in [4.78, 5) is 10.8. The molecule has 116 valence electrons. The number of hydrogen-bond acceptors (Lipinski definition) is 6. The number of nitrogens with one attached hydrogen (secondary N) is 1. The van der Waals surface area contributed by atoms with Gasteiger partial charge in [0.25, 0.3) is 0 Å². The molecule has 0 aliphatic heterocycles. The van der Waals surface area contributed by atoms with Gasteiger partial charge >= 0.3 is 0 Å². The number of hydrazine groups is 1. The van der Waals surface area contributed by atoms with Gasteiger partial charge < -0.3 is 4.74 Å². The zero-order valence-electron chi connectivity index (χ0n) is 13.0. The SMILES string of the molecule is CCCCC(CC)COc1nc(NN)nc2sc(C)cc12. The Morgan fingerprint density at radius 2 is 2.19 bits per heavy atom. The lowest BCUT2D eigenvalue weighted by molar-refractivity contribution is 0.228. The third kappa shape index (κ3) is 4.04. The fourth-order valence-corrected chi connectivity index (χ4v) is 3.16. The molecule has 3 N–H and O–H groups in total. The first-order chi connectivity index (χ1) is 10.2. The summed E-state index contributed by atoms with van der Waals surface area (Å²) in [7, 11) is 0. The lowest BCUT2D eigenvalue weighted by Crippen LogP contribution is -2.14. The molecule has 0 amide bonds. The van der Waals surface area contributed by atoms with Gasteiger partial charge in [-0.15, -0.1) is 11.3 Å². The molecule has 2 aromatic heterocycles. The van der Waals surface area contributed by atoms with E-state index in [0.717, 1.165) is 16.6 Å². The number of nitrogens with two attached hydrogens (primary N) is 1. The van der Waals surface area contributed by atoms with Crippen molar-refractivity contribution >= 4 is 27.5 Å². The molecule has 2 rings (SSSR count). The van der Waals surface area contributed by atoms with Crippen LogP contribution < -0.4 is 16.0 Å². The summed E-state index contributed by atoms with van der Waals surface area (Å²) in [6.07, 6.45) is 4.79. The molecule has 0 aromatic carbocycles.